The molecule has 1 aliphatic rings. The Kier molecular flexibility index (Phi) is 1.53. The summed E-state index contributed by atoms with van der Waals surface area (Å²) in [7, 11) is 0. The van der Waals surface area contributed by atoms with Crippen molar-refractivity contribution in [3.8, 4) is 0 Å². The topological polar surface area (TPSA) is 35.2 Å². The zero-order valence-electron chi connectivity index (χ0n) is 5.05. The molecule has 1 aliphatic heterocycles. The molecule has 0 aromatic rings. The van der Waals surface area contributed by atoms with Crippen LogP contribution in [0.1, 0.15) is 13.3 Å². The molecule has 0 bridgehead atoms. The van der Waals surface area contributed by atoms with Crippen molar-refractivity contribution < 1.29 is 4.74 Å². The van der Waals surface area contributed by atoms with Gasteiger partial charge in [0.1, 0.15) is 5.76 Å². The number of rotatable bonds is 1. The third kappa shape index (κ3) is 1.01. The van der Waals surface area contributed by atoms with Gasteiger partial charge in [-0.2, -0.15) is 0 Å². The van der Waals surface area contributed by atoms with Crippen LogP contribution < -0.4 is 5.73 Å². The summed E-state index contributed by atoms with van der Waals surface area (Å²) in [6.07, 6.45) is 3.07. The molecule has 1 unspecified atom stereocenters. The van der Waals surface area contributed by atoms with Crippen LogP contribution >= 0.6 is 0 Å². The van der Waals surface area contributed by atoms with Crippen LogP contribution in [0.25, 0.3) is 0 Å². The smallest absolute Gasteiger partial charge is 0.109 e. The Bertz CT molecular complexity index is 107. The van der Waals surface area contributed by atoms with E-state index in [0.29, 0.717) is 0 Å². The first kappa shape index (κ1) is 5.63. The summed E-state index contributed by atoms with van der Waals surface area (Å²) in [6, 6.07) is 0.0810. The number of nitrogens with two attached hydrogens (primary N) is 1. The standard InChI is InChI=1S/C6H11NO/c1-5(7)6-3-2-4-8-6/h3,5H,2,4,7H2,1H3. The molecule has 1 atom stereocenters. The average molecular weight is 113 g/mol. The Morgan fingerprint density at radius 2 is 2.62 bits per heavy atom. The monoisotopic (exact) mass is 113 g/mol. The SMILES string of the molecule is CC(N)C1=CCCO1. The molecular formula is C6H11NO. The molecule has 2 N–H and O–H groups in total. The minimum Gasteiger partial charge on any atom is -0.496 e. The second-order valence-electron chi connectivity index (χ2n) is 2.03. The van der Waals surface area contributed by atoms with Crippen LogP contribution in [-0.2, 0) is 4.74 Å². The second-order valence-corrected chi connectivity index (χ2v) is 2.03. The molecule has 0 spiro atoms. The van der Waals surface area contributed by atoms with Gasteiger partial charge in [-0.25, -0.2) is 0 Å². The first-order valence-corrected chi connectivity index (χ1v) is 2.89. The Labute approximate surface area is 49.3 Å². The zero-order valence-corrected chi connectivity index (χ0v) is 5.05. The highest BCUT2D eigenvalue weighted by molar-refractivity contribution is 5.03. The Morgan fingerprint density at radius 3 is 2.88 bits per heavy atom. The predicted octanol–water partition coefficient (Wildman–Crippen LogP) is 0.638. The lowest BCUT2D eigenvalue weighted by Gasteiger charge is -2.05. The van der Waals surface area contributed by atoms with E-state index in [1.165, 1.54) is 0 Å². The zero-order chi connectivity index (χ0) is 5.98. The molecule has 0 amide bonds. The summed E-state index contributed by atoms with van der Waals surface area (Å²) >= 11 is 0. The van der Waals surface area contributed by atoms with Gasteiger partial charge < -0.3 is 10.5 Å². The maximum absolute atomic E-state index is 5.50. The van der Waals surface area contributed by atoms with Crippen LogP contribution in [0.15, 0.2) is 11.8 Å². The minimum absolute atomic E-state index is 0.0810. The second kappa shape index (κ2) is 2.18. The van der Waals surface area contributed by atoms with Crippen LogP contribution in [0, 0.1) is 0 Å². The molecule has 0 aromatic heterocycles. The number of hydrogen-bond acceptors (Lipinski definition) is 2. The molecule has 46 valence electrons. The van der Waals surface area contributed by atoms with Gasteiger partial charge in [-0.05, 0) is 13.0 Å². The predicted molar refractivity (Wildman–Crippen MR) is 32.3 cm³/mol. The lowest BCUT2D eigenvalue weighted by Crippen LogP contribution is -2.17. The summed E-state index contributed by atoms with van der Waals surface area (Å²) in [4.78, 5) is 0. The van der Waals surface area contributed by atoms with E-state index in [2.05, 4.69) is 0 Å². The van der Waals surface area contributed by atoms with Crippen molar-refractivity contribution >= 4 is 0 Å². The third-order valence-corrected chi connectivity index (χ3v) is 1.18. The van der Waals surface area contributed by atoms with Gasteiger partial charge in [-0.15, -0.1) is 0 Å². The Hall–Kier alpha value is -0.500. The largest absolute Gasteiger partial charge is 0.496 e. The lowest BCUT2D eigenvalue weighted by atomic mass is 10.3. The van der Waals surface area contributed by atoms with Crippen molar-refractivity contribution in [1.82, 2.24) is 0 Å². The highest BCUT2D eigenvalue weighted by Crippen LogP contribution is 2.10. The lowest BCUT2D eigenvalue weighted by molar-refractivity contribution is 0.228. The van der Waals surface area contributed by atoms with Crippen molar-refractivity contribution in [2.24, 2.45) is 5.73 Å². The molecule has 0 radical (unpaired) electrons. The molecule has 2 heteroatoms. The molecule has 2 nitrogen and oxygen atoms in total. The van der Waals surface area contributed by atoms with Crippen LogP contribution in [-0.4, -0.2) is 12.6 Å². The maximum Gasteiger partial charge on any atom is 0.109 e. The Balaban J connectivity index is 2.45. The fourth-order valence-electron chi connectivity index (χ4n) is 0.754. The van der Waals surface area contributed by atoms with Gasteiger partial charge in [0, 0.05) is 6.42 Å². The highest BCUT2D eigenvalue weighted by atomic mass is 16.5. The molecule has 1 rings (SSSR count). The van der Waals surface area contributed by atoms with Gasteiger partial charge >= 0.3 is 0 Å². The number of hydrogen-bond donors (Lipinski definition) is 1. The first-order chi connectivity index (χ1) is 3.80. The normalized spacial score (nSPS) is 22.0. The molecule has 0 aromatic carbocycles. The van der Waals surface area contributed by atoms with Crippen molar-refractivity contribution in [3.05, 3.63) is 11.8 Å². The highest BCUT2D eigenvalue weighted by Gasteiger charge is 2.07. The van der Waals surface area contributed by atoms with Gasteiger partial charge in [0.05, 0.1) is 12.6 Å². The fourth-order valence-corrected chi connectivity index (χ4v) is 0.754. The summed E-state index contributed by atoms with van der Waals surface area (Å²) in [5, 5.41) is 0. The van der Waals surface area contributed by atoms with Crippen molar-refractivity contribution in [2.45, 2.75) is 19.4 Å². The summed E-state index contributed by atoms with van der Waals surface area (Å²) < 4.78 is 5.15. The van der Waals surface area contributed by atoms with Crippen molar-refractivity contribution in [1.29, 1.82) is 0 Å². The number of ether oxygens (including phenoxy) is 1. The van der Waals surface area contributed by atoms with E-state index in [1.54, 1.807) is 0 Å². The van der Waals surface area contributed by atoms with E-state index >= 15 is 0 Å². The van der Waals surface area contributed by atoms with E-state index in [1.807, 2.05) is 13.0 Å². The molecule has 1 heterocycles. The Morgan fingerprint density at radius 1 is 1.88 bits per heavy atom. The summed E-state index contributed by atoms with van der Waals surface area (Å²) in [5.74, 6) is 0.949. The quantitative estimate of drug-likeness (QED) is 0.541. The van der Waals surface area contributed by atoms with E-state index in [4.69, 9.17) is 10.5 Å². The molecule has 0 saturated heterocycles. The molecule has 0 fully saturated rings. The average Bonchev–Trinajstić information content (AvgIpc) is 2.12. The van der Waals surface area contributed by atoms with Crippen LogP contribution in [0.5, 0.6) is 0 Å². The van der Waals surface area contributed by atoms with Crippen LogP contribution in [0.4, 0.5) is 0 Å². The summed E-state index contributed by atoms with van der Waals surface area (Å²) in [5.41, 5.74) is 5.50. The van der Waals surface area contributed by atoms with E-state index in [9.17, 15) is 0 Å². The molecular weight excluding hydrogens is 102 g/mol. The van der Waals surface area contributed by atoms with Gasteiger partial charge in [0.2, 0.25) is 0 Å². The van der Waals surface area contributed by atoms with Gasteiger partial charge in [-0.3, -0.25) is 0 Å². The maximum atomic E-state index is 5.50. The van der Waals surface area contributed by atoms with Crippen LogP contribution in [0.2, 0.25) is 0 Å². The van der Waals surface area contributed by atoms with Crippen molar-refractivity contribution in [2.75, 3.05) is 6.61 Å². The third-order valence-electron chi connectivity index (χ3n) is 1.18. The van der Waals surface area contributed by atoms with E-state index in [0.717, 1.165) is 18.8 Å². The van der Waals surface area contributed by atoms with Gasteiger partial charge in [0.25, 0.3) is 0 Å². The van der Waals surface area contributed by atoms with Crippen molar-refractivity contribution in [3.63, 3.8) is 0 Å². The fraction of sp³-hybridized carbons (Fsp3) is 0.667. The minimum atomic E-state index is 0.0810. The van der Waals surface area contributed by atoms with E-state index < -0.39 is 0 Å². The molecule has 0 saturated carbocycles. The summed E-state index contributed by atoms with van der Waals surface area (Å²) in [6.45, 7) is 2.74. The van der Waals surface area contributed by atoms with Crippen LogP contribution in [0.3, 0.4) is 0 Å². The first-order valence-electron chi connectivity index (χ1n) is 2.89. The van der Waals surface area contributed by atoms with Gasteiger partial charge in [-0.1, -0.05) is 0 Å². The van der Waals surface area contributed by atoms with E-state index in [-0.39, 0.29) is 6.04 Å². The molecule has 0 aliphatic carbocycles. The molecule has 8 heavy (non-hydrogen) atoms. The van der Waals surface area contributed by atoms with Gasteiger partial charge in [0.15, 0.2) is 0 Å².